The summed E-state index contributed by atoms with van der Waals surface area (Å²) in [6, 6.07) is 9.03. The number of carbonyl (C=O) groups is 1. The number of hydrogen-bond donors (Lipinski definition) is 1. The van der Waals surface area contributed by atoms with Gasteiger partial charge in [0.1, 0.15) is 6.10 Å². The second kappa shape index (κ2) is 5.06. The van der Waals surface area contributed by atoms with Crippen LogP contribution in [-0.4, -0.2) is 22.7 Å². The van der Waals surface area contributed by atoms with Gasteiger partial charge in [-0.15, -0.1) is 0 Å². The summed E-state index contributed by atoms with van der Waals surface area (Å²) in [6.07, 6.45) is 3.38. The molecule has 1 N–H and O–H groups in total. The van der Waals surface area contributed by atoms with Gasteiger partial charge in [0.05, 0.1) is 11.6 Å². The van der Waals surface area contributed by atoms with Crippen LogP contribution >= 0.6 is 0 Å². The summed E-state index contributed by atoms with van der Waals surface area (Å²) < 4.78 is 0. The van der Waals surface area contributed by atoms with Gasteiger partial charge in [-0.3, -0.25) is 9.79 Å². The Morgan fingerprint density at radius 2 is 2.06 bits per heavy atom. The van der Waals surface area contributed by atoms with E-state index in [1.165, 1.54) is 0 Å². The lowest BCUT2D eigenvalue weighted by Crippen LogP contribution is -2.32. The van der Waals surface area contributed by atoms with Crippen LogP contribution in [-0.2, 0) is 0 Å². The van der Waals surface area contributed by atoms with Crippen molar-refractivity contribution >= 4 is 11.5 Å². The molecule has 0 fully saturated rings. The Labute approximate surface area is 101 Å². The molecule has 1 aromatic carbocycles. The molecule has 17 heavy (non-hydrogen) atoms. The summed E-state index contributed by atoms with van der Waals surface area (Å²) in [7, 11) is 0. The summed E-state index contributed by atoms with van der Waals surface area (Å²) in [4.78, 5) is 16.2. The van der Waals surface area contributed by atoms with Gasteiger partial charge in [-0.1, -0.05) is 43.3 Å². The van der Waals surface area contributed by atoms with Crippen molar-refractivity contribution in [3.63, 3.8) is 0 Å². The second-order valence-electron chi connectivity index (χ2n) is 4.17. The SMILES string of the molecule is CC(C(=O)c1ccccc1)C(O)C1=NC=CC1. The van der Waals surface area contributed by atoms with E-state index in [1.54, 1.807) is 25.3 Å². The number of allylic oxidation sites excluding steroid dienone is 1. The van der Waals surface area contributed by atoms with Gasteiger partial charge in [0.15, 0.2) is 5.78 Å². The van der Waals surface area contributed by atoms with Gasteiger partial charge in [-0.2, -0.15) is 0 Å². The Balaban J connectivity index is 2.10. The predicted octanol–water partition coefficient (Wildman–Crippen LogP) is 2.22. The fraction of sp³-hybridized carbons (Fsp3) is 0.286. The Bertz CT molecular complexity index is 462. The maximum Gasteiger partial charge on any atom is 0.168 e. The highest BCUT2D eigenvalue weighted by Crippen LogP contribution is 2.17. The van der Waals surface area contributed by atoms with Crippen LogP contribution < -0.4 is 0 Å². The molecular weight excluding hydrogens is 214 g/mol. The lowest BCUT2D eigenvalue weighted by atomic mass is 9.91. The minimum Gasteiger partial charge on any atom is -0.386 e. The molecule has 0 aliphatic carbocycles. The fourth-order valence-corrected chi connectivity index (χ4v) is 1.87. The number of aliphatic hydroxyl groups is 1. The highest BCUT2D eigenvalue weighted by molar-refractivity contribution is 6.03. The van der Waals surface area contributed by atoms with E-state index in [0.717, 1.165) is 0 Å². The third kappa shape index (κ3) is 2.50. The molecule has 0 spiro atoms. The molecule has 1 aliphatic heterocycles. The van der Waals surface area contributed by atoms with E-state index in [4.69, 9.17) is 0 Å². The number of aliphatic hydroxyl groups excluding tert-OH is 1. The van der Waals surface area contributed by atoms with Crippen LogP contribution in [0.2, 0.25) is 0 Å². The summed E-state index contributed by atoms with van der Waals surface area (Å²) in [6.45, 7) is 1.74. The van der Waals surface area contributed by atoms with Gasteiger partial charge in [0.25, 0.3) is 0 Å². The van der Waals surface area contributed by atoms with E-state index in [0.29, 0.717) is 17.7 Å². The van der Waals surface area contributed by atoms with Crippen molar-refractivity contribution in [1.82, 2.24) is 0 Å². The number of carbonyl (C=O) groups excluding carboxylic acids is 1. The molecule has 88 valence electrons. The van der Waals surface area contributed by atoms with Crippen LogP contribution in [0.4, 0.5) is 0 Å². The van der Waals surface area contributed by atoms with E-state index in [9.17, 15) is 9.90 Å². The molecule has 1 aromatic rings. The standard InChI is InChI=1S/C14H15NO2/c1-10(14(17)12-8-5-9-15-12)13(16)11-6-3-2-4-7-11/h2-7,9-10,14,17H,8H2,1H3. The molecule has 0 amide bonds. The zero-order valence-electron chi connectivity index (χ0n) is 9.71. The molecule has 2 unspecified atom stereocenters. The molecule has 0 saturated heterocycles. The number of Topliss-reactive ketones (excluding diaryl/α,β-unsaturated/α-hetero) is 1. The zero-order chi connectivity index (χ0) is 12.3. The van der Waals surface area contributed by atoms with Crippen molar-refractivity contribution in [3.8, 4) is 0 Å². The second-order valence-corrected chi connectivity index (χ2v) is 4.17. The minimum absolute atomic E-state index is 0.0484. The van der Waals surface area contributed by atoms with Gasteiger partial charge < -0.3 is 5.11 Å². The largest absolute Gasteiger partial charge is 0.386 e. The summed E-state index contributed by atoms with van der Waals surface area (Å²) >= 11 is 0. The Hall–Kier alpha value is -1.74. The van der Waals surface area contributed by atoms with Gasteiger partial charge in [0, 0.05) is 18.2 Å². The van der Waals surface area contributed by atoms with Crippen molar-refractivity contribution in [2.45, 2.75) is 19.4 Å². The van der Waals surface area contributed by atoms with Crippen molar-refractivity contribution in [2.24, 2.45) is 10.9 Å². The Morgan fingerprint density at radius 3 is 2.65 bits per heavy atom. The minimum atomic E-state index is -0.794. The first-order valence-corrected chi connectivity index (χ1v) is 5.69. The first-order valence-electron chi connectivity index (χ1n) is 5.69. The molecule has 0 aromatic heterocycles. The Morgan fingerprint density at radius 1 is 1.35 bits per heavy atom. The quantitative estimate of drug-likeness (QED) is 0.805. The van der Waals surface area contributed by atoms with E-state index < -0.39 is 12.0 Å². The van der Waals surface area contributed by atoms with E-state index in [1.807, 2.05) is 24.3 Å². The predicted molar refractivity (Wildman–Crippen MR) is 67.1 cm³/mol. The van der Waals surface area contributed by atoms with Crippen molar-refractivity contribution in [2.75, 3.05) is 0 Å². The molecule has 0 saturated carbocycles. The topological polar surface area (TPSA) is 49.7 Å². The van der Waals surface area contributed by atoms with Crippen LogP contribution in [0.15, 0.2) is 47.6 Å². The number of aliphatic imine (C=N–C) groups is 1. The molecule has 0 bridgehead atoms. The average Bonchev–Trinajstić information content (AvgIpc) is 2.91. The number of nitrogens with zero attached hydrogens (tertiary/aromatic N) is 1. The molecule has 0 radical (unpaired) electrons. The first-order chi connectivity index (χ1) is 8.20. The van der Waals surface area contributed by atoms with Crippen LogP contribution in [0.5, 0.6) is 0 Å². The lowest BCUT2D eigenvalue weighted by Gasteiger charge is -2.17. The number of hydrogen-bond acceptors (Lipinski definition) is 3. The molecule has 3 nitrogen and oxygen atoms in total. The zero-order valence-corrected chi connectivity index (χ0v) is 9.71. The van der Waals surface area contributed by atoms with Crippen LogP contribution in [0.1, 0.15) is 23.7 Å². The van der Waals surface area contributed by atoms with E-state index in [2.05, 4.69) is 4.99 Å². The molecular formula is C14H15NO2. The van der Waals surface area contributed by atoms with Crippen molar-refractivity contribution in [3.05, 3.63) is 48.2 Å². The molecule has 3 heteroatoms. The summed E-state index contributed by atoms with van der Waals surface area (Å²) in [5.41, 5.74) is 1.30. The maximum atomic E-state index is 12.1. The normalized spacial score (nSPS) is 17.6. The van der Waals surface area contributed by atoms with Crippen molar-refractivity contribution < 1.29 is 9.90 Å². The van der Waals surface area contributed by atoms with Gasteiger partial charge in [0.2, 0.25) is 0 Å². The van der Waals surface area contributed by atoms with Gasteiger partial charge in [-0.25, -0.2) is 0 Å². The highest BCUT2D eigenvalue weighted by atomic mass is 16.3. The van der Waals surface area contributed by atoms with E-state index in [-0.39, 0.29) is 5.78 Å². The number of ketones is 1. The first kappa shape index (κ1) is 11.7. The third-order valence-electron chi connectivity index (χ3n) is 2.96. The average molecular weight is 229 g/mol. The molecule has 2 atom stereocenters. The highest BCUT2D eigenvalue weighted by Gasteiger charge is 2.27. The summed E-state index contributed by atoms with van der Waals surface area (Å²) in [5.74, 6) is -0.510. The van der Waals surface area contributed by atoms with Crippen LogP contribution in [0.3, 0.4) is 0 Å². The summed E-state index contributed by atoms with van der Waals surface area (Å²) in [5, 5.41) is 10.1. The molecule has 1 heterocycles. The van der Waals surface area contributed by atoms with Gasteiger partial charge >= 0.3 is 0 Å². The number of benzene rings is 1. The van der Waals surface area contributed by atoms with Crippen molar-refractivity contribution in [1.29, 1.82) is 0 Å². The maximum absolute atomic E-state index is 12.1. The third-order valence-corrected chi connectivity index (χ3v) is 2.96. The fourth-order valence-electron chi connectivity index (χ4n) is 1.87. The van der Waals surface area contributed by atoms with E-state index >= 15 is 0 Å². The van der Waals surface area contributed by atoms with Gasteiger partial charge in [-0.05, 0) is 0 Å². The lowest BCUT2D eigenvalue weighted by molar-refractivity contribution is 0.0827. The van der Waals surface area contributed by atoms with Crippen LogP contribution in [0, 0.1) is 5.92 Å². The van der Waals surface area contributed by atoms with Crippen LogP contribution in [0.25, 0.3) is 0 Å². The Kier molecular flexibility index (Phi) is 3.49. The molecule has 1 aliphatic rings. The smallest absolute Gasteiger partial charge is 0.168 e. The molecule has 2 rings (SSSR count). The number of rotatable bonds is 4. The monoisotopic (exact) mass is 229 g/mol.